The zero-order chi connectivity index (χ0) is 13.7. The van der Waals surface area contributed by atoms with E-state index >= 15 is 0 Å². The Bertz CT molecular complexity index is 383. The van der Waals surface area contributed by atoms with Crippen LogP contribution in [0.2, 0.25) is 5.15 Å². The van der Waals surface area contributed by atoms with Gasteiger partial charge in [0.05, 0.1) is 5.69 Å². The smallest absolute Gasteiger partial charge is 0.151 e. The number of aryl methyl sites for hydroxylation is 1. The molecule has 1 heterocycles. The van der Waals surface area contributed by atoms with Gasteiger partial charge in [0, 0.05) is 19.0 Å². The fourth-order valence-corrected chi connectivity index (χ4v) is 3.12. The lowest BCUT2D eigenvalue weighted by Crippen LogP contribution is -2.31. The molecule has 1 aromatic rings. The molecule has 1 aliphatic carbocycles. The average Bonchev–Trinajstić information content (AvgIpc) is 3.03. The highest BCUT2D eigenvalue weighted by Gasteiger charge is 2.21. The molecule has 1 aliphatic rings. The Morgan fingerprint density at radius 3 is 2.84 bits per heavy atom. The summed E-state index contributed by atoms with van der Waals surface area (Å²) in [6.07, 6.45) is 8.86. The maximum Gasteiger partial charge on any atom is 0.151 e. The highest BCUT2D eigenvalue weighted by atomic mass is 35.5. The molecular weight excluding hydrogens is 258 g/mol. The molecule has 0 aliphatic heterocycles. The highest BCUT2D eigenvalue weighted by molar-refractivity contribution is 6.30. The molecule has 2 N–H and O–H groups in total. The standard InChI is InChI=1S/C15H26ClN3/c1-3-4-9-14-18-13(15(16)19-14)10-17-11(2)12-7-5-6-8-12/h11-12,17H,3-10H2,1-2H3,(H,18,19). The van der Waals surface area contributed by atoms with E-state index < -0.39 is 0 Å². The predicted octanol–water partition coefficient (Wildman–Crippen LogP) is 4.07. The maximum absolute atomic E-state index is 6.18. The Morgan fingerprint density at radius 2 is 2.16 bits per heavy atom. The van der Waals surface area contributed by atoms with Crippen molar-refractivity contribution in [3.05, 3.63) is 16.7 Å². The molecule has 19 heavy (non-hydrogen) atoms. The molecule has 1 aromatic heterocycles. The minimum absolute atomic E-state index is 0.570. The van der Waals surface area contributed by atoms with E-state index in [4.69, 9.17) is 11.6 Å². The molecule has 1 unspecified atom stereocenters. The van der Waals surface area contributed by atoms with Crippen molar-refractivity contribution in [2.45, 2.75) is 71.4 Å². The molecule has 108 valence electrons. The van der Waals surface area contributed by atoms with E-state index in [0.29, 0.717) is 11.2 Å². The Labute approximate surface area is 121 Å². The van der Waals surface area contributed by atoms with Crippen molar-refractivity contribution < 1.29 is 0 Å². The first-order valence-electron chi connectivity index (χ1n) is 7.67. The van der Waals surface area contributed by atoms with E-state index in [1.54, 1.807) is 0 Å². The third kappa shape index (κ3) is 4.22. The van der Waals surface area contributed by atoms with Crippen LogP contribution >= 0.6 is 11.6 Å². The van der Waals surface area contributed by atoms with Crippen LogP contribution in [0.25, 0.3) is 0 Å². The second kappa shape index (κ2) is 7.30. The number of imidazole rings is 1. The number of H-pyrrole nitrogens is 1. The third-order valence-corrected chi connectivity index (χ3v) is 4.56. The number of nitrogens with zero attached hydrogens (tertiary/aromatic N) is 1. The van der Waals surface area contributed by atoms with Crippen LogP contribution in [0, 0.1) is 5.92 Å². The number of rotatable bonds is 7. The average molecular weight is 284 g/mol. The molecule has 3 nitrogen and oxygen atoms in total. The third-order valence-electron chi connectivity index (χ3n) is 4.25. The van der Waals surface area contributed by atoms with Crippen molar-refractivity contribution in [3.63, 3.8) is 0 Å². The molecule has 0 bridgehead atoms. The number of nitrogens with one attached hydrogen (secondary N) is 2. The summed E-state index contributed by atoms with van der Waals surface area (Å²) in [5, 5.41) is 4.23. The minimum atomic E-state index is 0.570. The summed E-state index contributed by atoms with van der Waals surface area (Å²) in [5.74, 6) is 1.86. The fourth-order valence-electron chi connectivity index (χ4n) is 2.91. The van der Waals surface area contributed by atoms with E-state index in [1.807, 2.05) is 0 Å². The number of unbranched alkanes of at least 4 members (excludes halogenated alkanes) is 1. The van der Waals surface area contributed by atoms with Gasteiger partial charge in [-0.05, 0) is 32.1 Å². The lowest BCUT2D eigenvalue weighted by Gasteiger charge is -2.19. The summed E-state index contributed by atoms with van der Waals surface area (Å²) in [4.78, 5) is 7.75. The minimum Gasteiger partial charge on any atom is -0.344 e. The van der Waals surface area contributed by atoms with Gasteiger partial charge in [0.15, 0.2) is 5.15 Å². The Hall–Kier alpha value is -0.540. The van der Waals surface area contributed by atoms with Crippen molar-refractivity contribution in [2.24, 2.45) is 5.92 Å². The molecule has 1 atom stereocenters. The summed E-state index contributed by atoms with van der Waals surface area (Å²) in [7, 11) is 0. The monoisotopic (exact) mass is 283 g/mol. The quantitative estimate of drug-likeness (QED) is 0.792. The van der Waals surface area contributed by atoms with Crippen LogP contribution < -0.4 is 5.32 Å². The van der Waals surface area contributed by atoms with E-state index in [-0.39, 0.29) is 0 Å². The first-order valence-corrected chi connectivity index (χ1v) is 8.05. The summed E-state index contributed by atoms with van der Waals surface area (Å²) in [6.45, 7) is 5.28. The van der Waals surface area contributed by atoms with E-state index in [1.165, 1.54) is 32.1 Å². The van der Waals surface area contributed by atoms with E-state index in [0.717, 1.165) is 36.8 Å². The normalized spacial score (nSPS) is 18.1. The van der Waals surface area contributed by atoms with Gasteiger partial charge in [-0.3, -0.25) is 0 Å². The van der Waals surface area contributed by atoms with Gasteiger partial charge in [-0.1, -0.05) is 37.8 Å². The van der Waals surface area contributed by atoms with Crippen molar-refractivity contribution in [3.8, 4) is 0 Å². The van der Waals surface area contributed by atoms with Crippen LogP contribution in [0.3, 0.4) is 0 Å². The highest BCUT2D eigenvalue weighted by Crippen LogP contribution is 2.27. The van der Waals surface area contributed by atoms with Crippen LogP contribution in [0.4, 0.5) is 0 Å². The van der Waals surface area contributed by atoms with Gasteiger partial charge >= 0.3 is 0 Å². The summed E-state index contributed by atoms with van der Waals surface area (Å²) >= 11 is 6.18. The van der Waals surface area contributed by atoms with Crippen molar-refractivity contribution >= 4 is 11.6 Å². The lowest BCUT2D eigenvalue weighted by molar-refractivity contribution is 0.379. The molecule has 4 heteroatoms. The molecule has 0 radical (unpaired) electrons. The molecular formula is C15H26ClN3. The predicted molar refractivity (Wildman–Crippen MR) is 80.5 cm³/mol. The van der Waals surface area contributed by atoms with Gasteiger partial charge in [-0.2, -0.15) is 0 Å². The second-order valence-electron chi connectivity index (χ2n) is 5.77. The number of halogens is 1. The van der Waals surface area contributed by atoms with Gasteiger partial charge in [0.25, 0.3) is 0 Å². The second-order valence-corrected chi connectivity index (χ2v) is 6.13. The lowest BCUT2D eigenvalue weighted by atomic mass is 10.00. The number of hydrogen-bond acceptors (Lipinski definition) is 2. The summed E-state index contributed by atoms with van der Waals surface area (Å²) in [6, 6.07) is 0.570. The van der Waals surface area contributed by atoms with Crippen molar-refractivity contribution in [1.29, 1.82) is 0 Å². The number of aromatic amines is 1. The van der Waals surface area contributed by atoms with Crippen LogP contribution in [0.15, 0.2) is 0 Å². The molecule has 0 spiro atoms. The first kappa shape index (κ1) is 14.9. The molecule has 0 saturated heterocycles. The van der Waals surface area contributed by atoms with Gasteiger partial charge in [-0.15, -0.1) is 0 Å². The zero-order valence-corrected chi connectivity index (χ0v) is 12.9. The molecule has 2 rings (SSSR count). The number of aromatic nitrogens is 2. The topological polar surface area (TPSA) is 40.7 Å². The van der Waals surface area contributed by atoms with Crippen molar-refractivity contribution in [2.75, 3.05) is 0 Å². The first-order chi connectivity index (χ1) is 9.20. The molecule has 0 amide bonds. The molecule has 0 aromatic carbocycles. The van der Waals surface area contributed by atoms with Crippen LogP contribution in [-0.4, -0.2) is 16.0 Å². The molecule has 1 saturated carbocycles. The largest absolute Gasteiger partial charge is 0.344 e. The maximum atomic E-state index is 6.18. The van der Waals surface area contributed by atoms with Gasteiger partial charge < -0.3 is 10.3 Å². The Kier molecular flexibility index (Phi) is 5.71. The van der Waals surface area contributed by atoms with E-state index in [9.17, 15) is 0 Å². The Balaban J connectivity index is 1.82. The SMILES string of the molecule is CCCCc1nc(Cl)c(CNC(C)C2CCCC2)[nH]1. The van der Waals surface area contributed by atoms with Gasteiger partial charge in [0.1, 0.15) is 5.82 Å². The Morgan fingerprint density at radius 1 is 1.42 bits per heavy atom. The molecule has 1 fully saturated rings. The van der Waals surface area contributed by atoms with Crippen LogP contribution in [0.1, 0.15) is 63.9 Å². The zero-order valence-electron chi connectivity index (χ0n) is 12.1. The summed E-state index contributed by atoms with van der Waals surface area (Å²) in [5.41, 5.74) is 1.04. The van der Waals surface area contributed by atoms with Gasteiger partial charge in [-0.25, -0.2) is 4.98 Å². The van der Waals surface area contributed by atoms with Gasteiger partial charge in [0.2, 0.25) is 0 Å². The van der Waals surface area contributed by atoms with E-state index in [2.05, 4.69) is 29.1 Å². The number of hydrogen-bond donors (Lipinski definition) is 2. The summed E-state index contributed by atoms with van der Waals surface area (Å²) < 4.78 is 0. The fraction of sp³-hybridized carbons (Fsp3) is 0.800. The van der Waals surface area contributed by atoms with Crippen LogP contribution in [-0.2, 0) is 13.0 Å². The van der Waals surface area contributed by atoms with Crippen LogP contribution in [0.5, 0.6) is 0 Å². The van der Waals surface area contributed by atoms with Crippen molar-refractivity contribution in [1.82, 2.24) is 15.3 Å².